The minimum atomic E-state index is -0.280. The zero-order valence-electron chi connectivity index (χ0n) is 22.2. The van der Waals surface area contributed by atoms with Crippen molar-refractivity contribution < 1.29 is 15.0 Å². The van der Waals surface area contributed by atoms with E-state index in [0.717, 1.165) is 16.8 Å². The molecule has 0 fully saturated rings. The third-order valence-electron chi connectivity index (χ3n) is 7.05. The molecule has 0 saturated heterocycles. The first-order chi connectivity index (χ1) is 18.8. The summed E-state index contributed by atoms with van der Waals surface area (Å²) in [5, 5.41) is 22.8. The van der Waals surface area contributed by atoms with Crippen LogP contribution in [0.2, 0.25) is 0 Å². The van der Waals surface area contributed by atoms with Gasteiger partial charge < -0.3 is 29.9 Å². The van der Waals surface area contributed by atoms with E-state index in [1.54, 1.807) is 42.5 Å². The van der Waals surface area contributed by atoms with E-state index in [9.17, 15) is 19.8 Å². The van der Waals surface area contributed by atoms with E-state index in [2.05, 4.69) is 16.4 Å². The van der Waals surface area contributed by atoms with Crippen molar-refractivity contribution in [2.24, 2.45) is 7.05 Å². The standard InChI is InChI=1S/C30H31N5O4/c1-33(2)22-8-9-24-20(13-22)11-12-35(29(24)38)27-6-4-5-23(25(27)18-37)21-14-26(30(39)34(3)16-21)32-28-10-7-19(17-36)15-31-28/h4-10,13-16,36-37H,11-12,17-18H2,1-3H3,(H,31,32). The van der Waals surface area contributed by atoms with E-state index in [0.29, 0.717) is 52.4 Å². The molecule has 200 valence electrons. The van der Waals surface area contributed by atoms with Gasteiger partial charge >= 0.3 is 0 Å². The van der Waals surface area contributed by atoms with E-state index in [1.807, 2.05) is 49.3 Å². The monoisotopic (exact) mass is 525 g/mol. The Morgan fingerprint density at radius 1 is 1.00 bits per heavy atom. The molecule has 9 nitrogen and oxygen atoms in total. The lowest BCUT2D eigenvalue weighted by Gasteiger charge is -2.31. The lowest BCUT2D eigenvalue weighted by Crippen LogP contribution is -2.38. The SMILES string of the molecule is CN(C)c1ccc2c(c1)CCN(c1cccc(-c3cc(Nc4ccc(CO)cn4)c(=O)n(C)c3)c1CO)C2=O. The van der Waals surface area contributed by atoms with Crippen molar-refractivity contribution >= 4 is 28.8 Å². The number of nitrogens with one attached hydrogen (secondary N) is 1. The summed E-state index contributed by atoms with van der Waals surface area (Å²) in [6.45, 7) is 0.0965. The van der Waals surface area contributed by atoms with Crippen LogP contribution >= 0.6 is 0 Å². The smallest absolute Gasteiger partial charge is 0.274 e. The summed E-state index contributed by atoms with van der Waals surface area (Å²) in [7, 11) is 5.61. The number of pyridine rings is 2. The number of carbonyl (C=O) groups excluding carboxylic acids is 1. The number of anilines is 4. The van der Waals surface area contributed by atoms with Crippen LogP contribution in [0.5, 0.6) is 0 Å². The lowest BCUT2D eigenvalue weighted by atomic mass is 9.94. The molecule has 1 amide bonds. The van der Waals surface area contributed by atoms with Crippen LogP contribution in [0.3, 0.4) is 0 Å². The maximum absolute atomic E-state index is 13.6. The molecule has 3 heterocycles. The summed E-state index contributed by atoms with van der Waals surface area (Å²) >= 11 is 0. The molecule has 2 aromatic carbocycles. The van der Waals surface area contributed by atoms with Crippen LogP contribution in [0.25, 0.3) is 11.1 Å². The van der Waals surface area contributed by atoms with Crippen molar-refractivity contribution in [1.82, 2.24) is 9.55 Å². The van der Waals surface area contributed by atoms with Gasteiger partial charge in [-0.1, -0.05) is 18.2 Å². The Kier molecular flexibility index (Phi) is 7.19. The summed E-state index contributed by atoms with van der Waals surface area (Å²) in [5.74, 6) is 0.362. The van der Waals surface area contributed by atoms with Crippen LogP contribution in [0, 0.1) is 0 Å². The molecule has 1 aliphatic heterocycles. The fraction of sp³-hybridized carbons (Fsp3) is 0.233. The van der Waals surface area contributed by atoms with Gasteiger partial charge in [0.2, 0.25) is 0 Å². The van der Waals surface area contributed by atoms with Crippen LogP contribution in [-0.2, 0) is 26.7 Å². The van der Waals surface area contributed by atoms with Crippen molar-refractivity contribution in [3.8, 4) is 11.1 Å². The number of benzene rings is 2. The van der Waals surface area contributed by atoms with E-state index in [-0.39, 0.29) is 24.7 Å². The van der Waals surface area contributed by atoms with Crippen LogP contribution in [0.1, 0.15) is 27.0 Å². The average Bonchev–Trinajstić information content (AvgIpc) is 2.95. The number of carbonyl (C=O) groups is 1. The van der Waals surface area contributed by atoms with Crippen molar-refractivity contribution in [1.29, 1.82) is 0 Å². The van der Waals surface area contributed by atoms with Gasteiger partial charge in [0, 0.05) is 62.5 Å². The minimum absolute atomic E-state index is 0.103. The Labute approximate surface area is 226 Å². The summed E-state index contributed by atoms with van der Waals surface area (Å²) < 4.78 is 1.47. The number of aryl methyl sites for hydroxylation is 1. The van der Waals surface area contributed by atoms with Crippen molar-refractivity contribution in [3.63, 3.8) is 0 Å². The summed E-state index contributed by atoms with van der Waals surface area (Å²) in [6, 6.07) is 16.6. The second kappa shape index (κ2) is 10.7. The highest BCUT2D eigenvalue weighted by molar-refractivity contribution is 6.09. The Hall–Kier alpha value is -4.47. The second-order valence-electron chi connectivity index (χ2n) is 9.80. The quantitative estimate of drug-likeness (QED) is 0.339. The number of fused-ring (bicyclic) bond motifs is 1. The minimum Gasteiger partial charge on any atom is -0.392 e. The molecule has 39 heavy (non-hydrogen) atoms. The zero-order valence-corrected chi connectivity index (χ0v) is 22.2. The third kappa shape index (κ3) is 5.01. The fourth-order valence-electron chi connectivity index (χ4n) is 4.93. The van der Waals surface area contributed by atoms with Gasteiger partial charge in [0.25, 0.3) is 11.5 Å². The Bertz CT molecular complexity index is 1590. The Morgan fingerprint density at radius 2 is 1.82 bits per heavy atom. The van der Waals surface area contributed by atoms with Crippen molar-refractivity contribution in [2.45, 2.75) is 19.6 Å². The zero-order chi connectivity index (χ0) is 27.7. The molecule has 0 saturated carbocycles. The molecule has 4 aromatic rings. The first-order valence-corrected chi connectivity index (χ1v) is 12.7. The topological polar surface area (TPSA) is 111 Å². The number of aliphatic hydroxyl groups is 2. The van der Waals surface area contributed by atoms with Crippen LogP contribution in [0.4, 0.5) is 22.9 Å². The fourth-order valence-corrected chi connectivity index (χ4v) is 4.93. The van der Waals surface area contributed by atoms with Gasteiger partial charge in [-0.25, -0.2) is 4.98 Å². The van der Waals surface area contributed by atoms with Crippen LogP contribution in [0.15, 0.2) is 71.8 Å². The van der Waals surface area contributed by atoms with Gasteiger partial charge in [-0.2, -0.15) is 0 Å². The molecule has 0 bridgehead atoms. The number of amides is 1. The molecule has 0 atom stereocenters. The highest BCUT2D eigenvalue weighted by atomic mass is 16.3. The third-order valence-corrected chi connectivity index (χ3v) is 7.05. The molecule has 1 aliphatic rings. The molecule has 5 rings (SSSR count). The number of hydrogen-bond acceptors (Lipinski definition) is 7. The van der Waals surface area contributed by atoms with E-state index in [4.69, 9.17) is 0 Å². The number of aliphatic hydroxyl groups excluding tert-OH is 2. The van der Waals surface area contributed by atoms with E-state index < -0.39 is 0 Å². The van der Waals surface area contributed by atoms with Gasteiger partial charge in [0.05, 0.1) is 18.9 Å². The summed E-state index contributed by atoms with van der Waals surface area (Å²) in [4.78, 5) is 34.5. The van der Waals surface area contributed by atoms with Gasteiger partial charge in [0.1, 0.15) is 11.5 Å². The molecule has 3 N–H and O–H groups in total. The van der Waals surface area contributed by atoms with Crippen molar-refractivity contribution in [2.75, 3.05) is 35.8 Å². The molecule has 9 heteroatoms. The number of hydrogen-bond donors (Lipinski definition) is 3. The number of rotatable bonds is 7. The molecular weight excluding hydrogens is 494 g/mol. The van der Waals surface area contributed by atoms with Gasteiger partial charge in [0.15, 0.2) is 0 Å². The number of nitrogens with zero attached hydrogens (tertiary/aromatic N) is 4. The lowest BCUT2D eigenvalue weighted by molar-refractivity contribution is 0.0980. The molecule has 0 aliphatic carbocycles. The average molecular weight is 526 g/mol. The molecule has 0 radical (unpaired) electrons. The maximum atomic E-state index is 13.6. The maximum Gasteiger partial charge on any atom is 0.274 e. The highest BCUT2D eigenvalue weighted by Gasteiger charge is 2.28. The van der Waals surface area contributed by atoms with Gasteiger partial charge in [-0.05, 0) is 59.5 Å². The Balaban J connectivity index is 1.52. The molecule has 0 unspecified atom stereocenters. The highest BCUT2D eigenvalue weighted by Crippen LogP contribution is 2.35. The largest absolute Gasteiger partial charge is 0.392 e. The van der Waals surface area contributed by atoms with E-state index in [1.165, 1.54) is 4.57 Å². The van der Waals surface area contributed by atoms with Gasteiger partial charge in [-0.15, -0.1) is 0 Å². The van der Waals surface area contributed by atoms with Gasteiger partial charge in [-0.3, -0.25) is 9.59 Å². The molecule has 0 spiro atoms. The van der Waals surface area contributed by atoms with Crippen LogP contribution < -0.4 is 20.7 Å². The predicted octanol–water partition coefficient (Wildman–Crippen LogP) is 3.44. The molecular formula is C30H31N5O4. The van der Waals surface area contributed by atoms with Crippen LogP contribution in [-0.4, -0.2) is 46.3 Å². The van der Waals surface area contributed by atoms with Crippen molar-refractivity contribution in [3.05, 3.63) is 99.6 Å². The van der Waals surface area contributed by atoms with E-state index >= 15 is 0 Å². The first kappa shape index (κ1) is 26.1. The molecule has 2 aromatic heterocycles. The normalized spacial score (nSPS) is 12.8. The first-order valence-electron chi connectivity index (χ1n) is 12.7. The summed E-state index contributed by atoms with van der Waals surface area (Å²) in [6.07, 6.45) is 3.96. The summed E-state index contributed by atoms with van der Waals surface area (Å²) in [5.41, 5.74) is 6.14. The Morgan fingerprint density at radius 3 is 2.51 bits per heavy atom. The number of aromatic nitrogens is 2. The predicted molar refractivity (Wildman–Crippen MR) is 153 cm³/mol. The second-order valence-corrected chi connectivity index (χ2v) is 9.80.